The largest absolute Gasteiger partial charge is 0.334 e. The van der Waals surface area contributed by atoms with Crippen molar-refractivity contribution in [2.45, 2.75) is 25.8 Å². The number of benzene rings is 1. The Morgan fingerprint density at radius 1 is 1.05 bits per heavy atom. The van der Waals surface area contributed by atoms with Gasteiger partial charge in [-0.05, 0) is 43.2 Å². The quantitative estimate of drug-likeness (QED) is 0.781. The van der Waals surface area contributed by atoms with Crippen molar-refractivity contribution < 1.29 is 4.79 Å². The van der Waals surface area contributed by atoms with Crippen LogP contribution in [0.25, 0.3) is 0 Å². The smallest absolute Gasteiger partial charge is 0.254 e. The second kappa shape index (κ2) is 4.59. The van der Waals surface area contributed by atoms with E-state index in [1.807, 2.05) is 31.2 Å². The van der Waals surface area contributed by atoms with E-state index < -0.39 is 0 Å². The molecule has 4 atom stereocenters. The van der Waals surface area contributed by atoms with Crippen LogP contribution in [0.4, 0.5) is 0 Å². The first kappa shape index (κ1) is 12.4. The van der Waals surface area contributed by atoms with Crippen molar-refractivity contribution in [1.29, 1.82) is 0 Å². The third kappa shape index (κ3) is 1.96. The topological polar surface area (TPSA) is 23.6 Å². The van der Waals surface area contributed by atoms with E-state index in [2.05, 4.69) is 9.80 Å². The van der Waals surface area contributed by atoms with E-state index in [4.69, 9.17) is 0 Å². The van der Waals surface area contributed by atoms with Gasteiger partial charge in [-0.2, -0.15) is 0 Å². The third-order valence-electron chi connectivity index (χ3n) is 5.31. The predicted molar refractivity (Wildman–Crippen MR) is 78.7 cm³/mol. The Hall–Kier alpha value is -1.35. The molecule has 4 fully saturated rings. The van der Waals surface area contributed by atoms with Gasteiger partial charge in [0, 0.05) is 37.8 Å². The number of aryl methyl sites for hydroxylation is 1. The number of hydrogen-bond donors (Lipinski definition) is 0. The highest BCUT2D eigenvalue weighted by Crippen LogP contribution is 2.37. The molecule has 0 aromatic heterocycles. The van der Waals surface area contributed by atoms with Crippen LogP contribution in [0, 0.1) is 18.8 Å². The number of piperidine rings is 2. The van der Waals surface area contributed by atoms with Crippen molar-refractivity contribution in [1.82, 2.24) is 9.80 Å². The van der Waals surface area contributed by atoms with Crippen molar-refractivity contribution in [2.24, 2.45) is 11.8 Å². The van der Waals surface area contributed by atoms with E-state index in [-0.39, 0.29) is 5.91 Å². The molecule has 1 aromatic rings. The summed E-state index contributed by atoms with van der Waals surface area (Å²) in [4.78, 5) is 17.7. The summed E-state index contributed by atoms with van der Waals surface area (Å²) in [7, 11) is 0. The van der Waals surface area contributed by atoms with E-state index in [1.165, 1.54) is 25.9 Å². The third-order valence-corrected chi connectivity index (χ3v) is 5.31. The minimum atomic E-state index is 0.252. The number of carbonyl (C=O) groups excluding carboxylic acids is 1. The van der Waals surface area contributed by atoms with Crippen molar-refractivity contribution in [2.75, 3.05) is 26.2 Å². The maximum atomic E-state index is 12.9. The molecule has 4 bridgehead atoms. The molecular formula is C17H22N2O. The van der Waals surface area contributed by atoms with Gasteiger partial charge in [-0.15, -0.1) is 0 Å². The summed E-state index contributed by atoms with van der Waals surface area (Å²) in [5.41, 5.74) is 1.99. The fraction of sp³-hybridized carbons (Fsp3) is 0.588. The normalized spacial score (nSPS) is 35.1. The molecule has 3 nitrogen and oxygen atoms in total. The van der Waals surface area contributed by atoms with Crippen LogP contribution in [0.3, 0.4) is 0 Å². The molecule has 0 N–H and O–H groups in total. The van der Waals surface area contributed by atoms with Crippen molar-refractivity contribution in [3.8, 4) is 0 Å². The molecule has 3 heteroatoms. The maximum absolute atomic E-state index is 12.9. The molecule has 1 amide bonds. The lowest BCUT2D eigenvalue weighted by molar-refractivity contribution is 0.0573. The van der Waals surface area contributed by atoms with Gasteiger partial charge < -0.3 is 9.80 Å². The summed E-state index contributed by atoms with van der Waals surface area (Å²) in [6.45, 7) is 6.55. The molecule has 0 aliphatic carbocycles. The summed E-state index contributed by atoms with van der Waals surface area (Å²) in [6.07, 6.45) is 2.54. The zero-order valence-electron chi connectivity index (χ0n) is 12.1. The molecule has 20 heavy (non-hydrogen) atoms. The Kier molecular flexibility index (Phi) is 2.84. The van der Waals surface area contributed by atoms with Crippen molar-refractivity contribution >= 4 is 5.91 Å². The summed E-state index contributed by atoms with van der Waals surface area (Å²) >= 11 is 0. The molecule has 4 aliphatic heterocycles. The molecule has 0 saturated carbocycles. The van der Waals surface area contributed by atoms with Crippen LogP contribution in [0.5, 0.6) is 0 Å². The van der Waals surface area contributed by atoms with Crippen molar-refractivity contribution in [3.05, 3.63) is 35.4 Å². The number of carbonyl (C=O) groups is 1. The van der Waals surface area contributed by atoms with E-state index in [0.29, 0.717) is 12.0 Å². The van der Waals surface area contributed by atoms with Gasteiger partial charge >= 0.3 is 0 Å². The first-order valence-corrected chi connectivity index (χ1v) is 7.79. The Labute approximate surface area is 120 Å². The maximum Gasteiger partial charge on any atom is 0.254 e. The number of rotatable bonds is 1. The molecule has 4 heterocycles. The van der Waals surface area contributed by atoms with Gasteiger partial charge in [0.1, 0.15) is 0 Å². The minimum Gasteiger partial charge on any atom is -0.334 e. The lowest BCUT2D eigenvalue weighted by Crippen LogP contribution is -2.50. The average molecular weight is 270 g/mol. The van der Waals surface area contributed by atoms with Crippen LogP contribution in [-0.4, -0.2) is 47.9 Å². The molecule has 4 saturated heterocycles. The molecule has 106 valence electrons. The first-order valence-electron chi connectivity index (χ1n) is 7.79. The highest BCUT2D eigenvalue weighted by Gasteiger charge is 2.43. The number of fused-ring (bicyclic) bond motifs is 1. The minimum absolute atomic E-state index is 0.252. The van der Waals surface area contributed by atoms with Gasteiger partial charge in [-0.25, -0.2) is 0 Å². The van der Waals surface area contributed by atoms with Crippen LogP contribution < -0.4 is 0 Å². The number of nitrogens with zero attached hydrogens (tertiary/aromatic N) is 2. The monoisotopic (exact) mass is 270 g/mol. The molecule has 4 unspecified atom stereocenters. The Morgan fingerprint density at radius 2 is 1.85 bits per heavy atom. The van der Waals surface area contributed by atoms with Gasteiger partial charge in [0.05, 0.1) is 0 Å². The predicted octanol–water partition coefficient (Wildman–Crippen LogP) is 2.16. The Bertz CT molecular complexity index is 528. The van der Waals surface area contributed by atoms with Crippen LogP contribution in [-0.2, 0) is 0 Å². The Balaban J connectivity index is 1.65. The SMILES string of the molecule is Cc1ccccc1C(=O)N1CC2CC3CC1CN(C3)C2. The van der Waals surface area contributed by atoms with Crippen molar-refractivity contribution in [3.63, 3.8) is 0 Å². The van der Waals surface area contributed by atoms with E-state index in [9.17, 15) is 4.79 Å². The molecule has 4 aliphatic rings. The first-order chi connectivity index (χ1) is 9.70. The van der Waals surface area contributed by atoms with Crippen LogP contribution in [0.2, 0.25) is 0 Å². The van der Waals surface area contributed by atoms with E-state index in [0.717, 1.165) is 30.1 Å². The van der Waals surface area contributed by atoms with Crippen LogP contribution in [0.15, 0.2) is 24.3 Å². The van der Waals surface area contributed by atoms with Crippen LogP contribution in [0.1, 0.15) is 28.8 Å². The summed E-state index contributed by atoms with van der Waals surface area (Å²) in [5, 5.41) is 0. The lowest BCUT2D eigenvalue weighted by atomic mass is 9.84. The van der Waals surface area contributed by atoms with E-state index >= 15 is 0 Å². The number of hydrogen-bond acceptors (Lipinski definition) is 2. The standard InChI is InChI=1S/C17H22N2O/c1-12-4-2-3-5-16(12)17(20)19-10-14-6-13-7-15(19)11-18(8-13)9-14/h2-5,13-15H,6-11H2,1H3. The molecular weight excluding hydrogens is 248 g/mol. The van der Waals surface area contributed by atoms with Gasteiger partial charge in [0.2, 0.25) is 0 Å². The summed E-state index contributed by atoms with van der Waals surface area (Å²) in [5.74, 6) is 1.76. The number of amides is 1. The van der Waals surface area contributed by atoms with Crippen LogP contribution >= 0.6 is 0 Å². The Morgan fingerprint density at radius 3 is 2.65 bits per heavy atom. The molecule has 1 aromatic carbocycles. The summed E-state index contributed by atoms with van der Waals surface area (Å²) in [6, 6.07) is 8.44. The molecule has 0 radical (unpaired) electrons. The van der Waals surface area contributed by atoms with E-state index in [1.54, 1.807) is 0 Å². The zero-order chi connectivity index (χ0) is 13.7. The van der Waals surface area contributed by atoms with Gasteiger partial charge in [0.15, 0.2) is 0 Å². The molecule has 5 rings (SSSR count). The fourth-order valence-electron chi connectivity index (χ4n) is 4.50. The van der Waals surface area contributed by atoms with Gasteiger partial charge in [0.25, 0.3) is 5.91 Å². The zero-order valence-corrected chi connectivity index (χ0v) is 12.1. The van der Waals surface area contributed by atoms with Gasteiger partial charge in [-0.3, -0.25) is 4.79 Å². The highest BCUT2D eigenvalue weighted by molar-refractivity contribution is 5.95. The highest BCUT2D eigenvalue weighted by atomic mass is 16.2. The molecule has 0 spiro atoms. The van der Waals surface area contributed by atoms with Gasteiger partial charge in [-0.1, -0.05) is 18.2 Å². The fourth-order valence-corrected chi connectivity index (χ4v) is 4.50. The average Bonchev–Trinajstić information content (AvgIpc) is 2.62. The second-order valence-electron chi connectivity index (χ2n) is 6.85. The second-order valence-corrected chi connectivity index (χ2v) is 6.85. The summed E-state index contributed by atoms with van der Waals surface area (Å²) < 4.78 is 0. The lowest BCUT2D eigenvalue weighted by Gasteiger charge is -2.41.